The van der Waals surface area contributed by atoms with Gasteiger partial charge in [-0.05, 0) is 36.6 Å². The summed E-state index contributed by atoms with van der Waals surface area (Å²) in [5.41, 5.74) is 4.40. The molecule has 0 unspecified atom stereocenters. The molecular formula is C20H19N5OS. The van der Waals surface area contributed by atoms with Crippen LogP contribution in [0.25, 0.3) is 16.9 Å². The summed E-state index contributed by atoms with van der Waals surface area (Å²) in [6, 6.07) is 13.8. The minimum Gasteiger partial charge on any atom is -0.350 e. The molecule has 4 aromatic rings. The Bertz CT molecular complexity index is 1030. The molecule has 0 saturated carbocycles. The van der Waals surface area contributed by atoms with Crippen LogP contribution < -0.4 is 5.32 Å². The number of hydrogen-bond acceptors (Lipinski definition) is 4. The van der Waals surface area contributed by atoms with E-state index < -0.39 is 0 Å². The van der Waals surface area contributed by atoms with Gasteiger partial charge in [0.15, 0.2) is 0 Å². The third-order valence-electron chi connectivity index (χ3n) is 4.34. The standard InChI is InChI=1S/C20H19N5OS/c1-15-18(13-22-25(15)17-5-3-2-4-6-17)20(26)21-9-11-24-10-7-19(23-24)16-8-12-27-14-16/h2-8,10,12-14H,9,11H2,1H3,(H,21,26). The van der Waals surface area contributed by atoms with E-state index in [2.05, 4.69) is 20.9 Å². The van der Waals surface area contributed by atoms with E-state index in [0.29, 0.717) is 18.7 Å². The fourth-order valence-electron chi connectivity index (χ4n) is 2.89. The minimum atomic E-state index is -0.125. The van der Waals surface area contributed by atoms with Crippen molar-refractivity contribution in [3.63, 3.8) is 0 Å². The van der Waals surface area contributed by atoms with Crippen LogP contribution in [0.3, 0.4) is 0 Å². The highest BCUT2D eigenvalue weighted by Gasteiger charge is 2.14. The highest BCUT2D eigenvalue weighted by atomic mass is 32.1. The van der Waals surface area contributed by atoms with Crippen LogP contribution in [0.1, 0.15) is 16.1 Å². The van der Waals surface area contributed by atoms with Crippen LogP contribution >= 0.6 is 11.3 Å². The van der Waals surface area contributed by atoms with Crippen molar-refractivity contribution in [1.82, 2.24) is 24.9 Å². The van der Waals surface area contributed by atoms with Crippen molar-refractivity contribution in [3.8, 4) is 16.9 Å². The van der Waals surface area contributed by atoms with Gasteiger partial charge in [-0.15, -0.1) is 0 Å². The molecule has 4 rings (SSSR count). The molecule has 7 heteroatoms. The molecule has 6 nitrogen and oxygen atoms in total. The first-order valence-electron chi connectivity index (χ1n) is 8.66. The second kappa shape index (κ2) is 7.59. The summed E-state index contributed by atoms with van der Waals surface area (Å²) in [4.78, 5) is 12.5. The van der Waals surface area contributed by atoms with Crippen molar-refractivity contribution in [2.24, 2.45) is 0 Å². The zero-order valence-electron chi connectivity index (χ0n) is 14.9. The molecule has 1 amide bonds. The molecular weight excluding hydrogens is 358 g/mol. The third kappa shape index (κ3) is 3.68. The predicted molar refractivity (Wildman–Crippen MR) is 106 cm³/mol. The van der Waals surface area contributed by atoms with E-state index in [4.69, 9.17) is 0 Å². The Morgan fingerprint density at radius 2 is 2.04 bits per heavy atom. The van der Waals surface area contributed by atoms with Crippen LogP contribution in [0.4, 0.5) is 0 Å². The van der Waals surface area contributed by atoms with Crippen molar-refractivity contribution in [3.05, 3.63) is 76.9 Å². The van der Waals surface area contributed by atoms with Gasteiger partial charge in [-0.2, -0.15) is 21.5 Å². The van der Waals surface area contributed by atoms with Gasteiger partial charge >= 0.3 is 0 Å². The molecule has 0 aliphatic heterocycles. The molecule has 1 aromatic carbocycles. The van der Waals surface area contributed by atoms with Gasteiger partial charge in [-0.1, -0.05) is 18.2 Å². The van der Waals surface area contributed by atoms with Crippen molar-refractivity contribution in [2.45, 2.75) is 13.5 Å². The second-order valence-corrected chi connectivity index (χ2v) is 6.90. The van der Waals surface area contributed by atoms with E-state index in [1.54, 1.807) is 22.2 Å². The van der Waals surface area contributed by atoms with Crippen LogP contribution in [0.2, 0.25) is 0 Å². The van der Waals surface area contributed by atoms with E-state index >= 15 is 0 Å². The summed E-state index contributed by atoms with van der Waals surface area (Å²) in [6.07, 6.45) is 3.54. The van der Waals surface area contributed by atoms with Crippen LogP contribution in [0.5, 0.6) is 0 Å². The summed E-state index contributed by atoms with van der Waals surface area (Å²) in [6.45, 7) is 3.01. The quantitative estimate of drug-likeness (QED) is 0.559. The van der Waals surface area contributed by atoms with Gasteiger partial charge < -0.3 is 5.32 Å². The average molecular weight is 377 g/mol. The Kier molecular flexibility index (Phi) is 4.84. The summed E-state index contributed by atoms with van der Waals surface area (Å²) in [7, 11) is 0. The lowest BCUT2D eigenvalue weighted by Crippen LogP contribution is -2.27. The molecule has 27 heavy (non-hydrogen) atoms. The largest absolute Gasteiger partial charge is 0.350 e. The number of nitrogens with one attached hydrogen (secondary N) is 1. The number of nitrogens with zero attached hydrogens (tertiary/aromatic N) is 4. The zero-order valence-corrected chi connectivity index (χ0v) is 15.7. The summed E-state index contributed by atoms with van der Waals surface area (Å²) in [5, 5.41) is 15.9. The number of hydrogen-bond donors (Lipinski definition) is 1. The fourth-order valence-corrected chi connectivity index (χ4v) is 3.54. The number of aromatic nitrogens is 4. The minimum absolute atomic E-state index is 0.125. The van der Waals surface area contributed by atoms with Crippen molar-refractivity contribution >= 4 is 17.2 Å². The monoisotopic (exact) mass is 377 g/mol. The van der Waals surface area contributed by atoms with Gasteiger partial charge in [0, 0.05) is 23.7 Å². The van der Waals surface area contributed by atoms with Gasteiger partial charge in [0.2, 0.25) is 0 Å². The third-order valence-corrected chi connectivity index (χ3v) is 5.02. The highest BCUT2D eigenvalue weighted by Crippen LogP contribution is 2.19. The summed E-state index contributed by atoms with van der Waals surface area (Å²) < 4.78 is 3.61. The SMILES string of the molecule is Cc1c(C(=O)NCCn2ccc(-c3ccsc3)n2)cnn1-c1ccccc1. The Morgan fingerprint density at radius 1 is 1.19 bits per heavy atom. The predicted octanol–water partition coefficient (Wildman–Crippen LogP) is 3.54. The van der Waals surface area contributed by atoms with Crippen LogP contribution in [-0.4, -0.2) is 32.0 Å². The molecule has 0 fully saturated rings. The molecule has 0 bridgehead atoms. The number of benzene rings is 1. The smallest absolute Gasteiger partial charge is 0.254 e. The first-order chi connectivity index (χ1) is 13.2. The summed E-state index contributed by atoms with van der Waals surface area (Å²) in [5.74, 6) is -0.125. The number of para-hydroxylation sites is 1. The van der Waals surface area contributed by atoms with E-state index in [1.807, 2.05) is 65.6 Å². The normalized spacial score (nSPS) is 10.9. The molecule has 0 aliphatic carbocycles. The Hall–Kier alpha value is -3.19. The van der Waals surface area contributed by atoms with Gasteiger partial charge in [0.1, 0.15) is 0 Å². The first-order valence-corrected chi connectivity index (χ1v) is 9.61. The molecule has 1 N–H and O–H groups in total. The molecule has 0 radical (unpaired) electrons. The lowest BCUT2D eigenvalue weighted by Gasteiger charge is -2.07. The molecule has 0 spiro atoms. The molecule has 3 heterocycles. The van der Waals surface area contributed by atoms with Crippen LogP contribution in [0, 0.1) is 6.92 Å². The van der Waals surface area contributed by atoms with Gasteiger partial charge in [-0.25, -0.2) is 4.68 Å². The highest BCUT2D eigenvalue weighted by molar-refractivity contribution is 7.08. The Labute approximate surface area is 161 Å². The molecule has 136 valence electrons. The second-order valence-electron chi connectivity index (χ2n) is 6.12. The van der Waals surface area contributed by atoms with Crippen molar-refractivity contribution in [2.75, 3.05) is 6.54 Å². The van der Waals surface area contributed by atoms with Gasteiger partial charge in [0.25, 0.3) is 5.91 Å². The first kappa shape index (κ1) is 17.2. The number of carbonyl (C=O) groups is 1. The van der Waals surface area contributed by atoms with Crippen molar-refractivity contribution in [1.29, 1.82) is 0 Å². The average Bonchev–Trinajstić information content (AvgIpc) is 3.43. The number of rotatable bonds is 6. The maximum Gasteiger partial charge on any atom is 0.254 e. The molecule has 0 aliphatic rings. The van der Waals surface area contributed by atoms with Crippen LogP contribution in [-0.2, 0) is 6.54 Å². The molecule has 3 aromatic heterocycles. The van der Waals surface area contributed by atoms with E-state index in [0.717, 1.165) is 22.6 Å². The van der Waals surface area contributed by atoms with Gasteiger partial charge in [0.05, 0.1) is 35.4 Å². The van der Waals surface area contributed by atoms with Gasteiger partial charge in [-0.3, -0.25) is 9.48 Å². The number of carbonyl (C=O) groups excluding carboxylic acids is 1. The molecule has 0 atom stereocenters. The van der Waals surface area contributed by atoms with Crippen LogP contribution in [0.15, 0.2) is 65.6 Å². The fraction of sp³-hybridized carbons (Fsp3) is 0.150. The molecule has 0 saturated heterocycles. The lowest BCUT2D eigenvalue weighted by atomic mass is 10.2. The van der Waals surface area contributed by atoms with E-state index in [-0.39, 0.29) is 5.91 Å². The summed E-state index contributed by atoms with van der Waals surface area (Å²) >= 11 is 1.65. The van der Waals surface area contributed by atoms with E-state index in [1.165, 1.54) is 0 Å². The Balaban J connectivity index is 1.37. The van der Waals surface area contributed by atoms with E-state index in [9.17, 15) is 4.79 Å². The topological polar surface area (TPSA) is 64.7 Å². The number of amides is 1. The number of thiophene rings is 1. The maximum atomic E-state index is 12.5. The van der Waals surface area contributed by atoms with Crippen molar-refractivity contribution < 1.29 is 4.79 Å². The zero-order chi connectivity index (χ0) is 18.6. The Morgan fingerprint density at radius 3 is 2.81 bits per heavy atom. The maximum absolute atomic E-state index is 12.5. The lowest BCUT2D eigenvalue weighted by molar-refractivity contribution is 0.0951.